The number of nitro benzene ring substituents is 1. The second-order valence-corrected chi connectivity index (χ2v) is 5.16. The number of nitrogens with one attached hydrogen (secondary N) is 1. The standard InChI is InChI=1S/C15H13ClN2O4/c16-12-3-1-10(7-13(12)18(19)20)9-17-11-2-4-14-15(8-11)22-6-5-21-14/h1-4,7-8,17H,5-6,9H2. The summed E-state index contributed by atoms with van der Waals surface area (Å²) in [6.45, 7) is 1.52. The normalized spacial score (nSPS) is 12.8. The number of rotatable bonds is 4. The largest absolute Gasteiger partial charge is 0.486 e. The highest BCUT2D eigenvalue weighted by Gasteiger charge is 2.14. The quantitative estimate of drug-likeness (QED) is 0.688. The van der Waals surface area contributed by atoms with Crippen LogP contribution in [0.2, 0.25) is 5.02 Å². The molecule has 0 atom stereocenters. The number of benzene rings is 2. The van der Waals surface area contributed by atoms with Gasteiger partial charge in [-0.1, -0.05) is 17.7 Å². The van der Waals surface area contributed by atoms with Crippen LogP contribution in [0.5, 0.6) is 11.5 Å². The van der Waals surface area contributed by atoms with E-state index in [-0.39, 0.29) is 10.7 Å². The molecule has 7 heteroatoms. The Hall–Kier alpha value is -2.47. The average molecular weight is 321 g/mol. The van der Waals surface area contributed by atoms with Gasteiger partial charge in [0, 0.05) is 24.4 Å². The van der Waals surface area contributed by atoms with E-state index in [4.69, 9.17) is 21.1 Å². The molecule has 0 saturated heterocycles. The molecule has 1 aliphatic rings. The van der Waals surface area contributed by atoms with Crippen LogP contribution >= 0.6 is 11.6 Å². The molecule has 0 amide bonds. The van der Waals surface area contributed by atoms with E-state index >= 15 is 0 Å². The molecular weight excluding hydrogens is 308 g/mol. The van der Waals surface area contributed by atoms with Crippen LogP contribution in [0.1, 0.15) is 5.56 Å². The van der Waals surface area contributed by atoms with E-state index in [1.54, 1.807) is 6.07 Å². The molecule has 0 spiro atoms. The fraction of sp³-hybridized carbons (Fsp3) is 0.200. The van der Waals surface area contributed by atoms with Gasteiger partial charge in [0.15, 0.2) is 11.5 Å². The van der Waals surface area contributed by atoms with E-state index in [0.717, 1.165) is 17.0 Å². The highest BCUT2D eigenvalue weighted by atomic mass is 35.5. The second-order valence-electron chi connectivity index (χ2n) is 4.75. The number of fused-ring (bicyclic) bond motifs is 1. The minimum Gasteiger partial charge on any atom is -0.486 e. The molecule has 0 saturated carbocycles. The molecule has 1 N–H and O–H groups in total. The molecule has 6 nitrogen and oxygen atoms in total. The predicted molar refractivity (Wildman–Crippen MR) is 82.9 cm³/mol. The van der Waals surface area contributed by atoms with Gasteiger partial charge in [0.05, 0.1) is 4.92 Å². The van der Waals surface area contributed by atoms with Crippen molar-refractivity contribution in [1.82, 2.24) is 0 Å². The third-order valence-corrected chi connectivity index (χ3v) is 3.57. The van der Waals surface area contributed by atoms with Crippen LogP contribution < -0.4 is 14.8 Å². The summed E-state index contributed by atoms with van der Waals surface area (Å²) < 4.78 is 11.0. The molecule has 0 fully saturated rings. The molecule has 1 aliphatic heterocycles. The van der Waals surface area contributed by atoms with E-state index < -0.39 is 4.92 Å². The van der Waals surface area contributed by atoms with Gasteiger partial charge in [-0.15, -0.1) is 0 Å². The zero-order valence-electron chi connectivity index (χ0n) is 11.5. The number of hydrogen-bond donors (Lipinski definition) is 1. The van der Waals surface area contributed by atoms with Crippen LogP contribution in [0.4, 0.5) is 11.4 Å². The number of hydrogen-bond acceptors (Lipinski definition) is 5. The fourth-order valence-electron chi connectivity index (χ4n) is 2.17. The summed E-state index contributed by atoms with van der Waals surface area (Å²) in [5.41, 5.74) is 1.52. The molecule has 0 radical (unpaired) electrons. The summed E-state index contributed by atoms with van der Waals surface area (Å²) in [6, 6.07) is 10.3. The Morgan fingerprint density at radius 1 is 1.14 bits per heavy atom. The molecular formula is C15H13ClN2O4. The SMILES string of the molecule is O=[N+]([O-])c1cc(CNc2ccc3c(c2)OCCO3)ccc1Cl. The molecule has 3 rings (SSSR count). The van der Waals surface area contributed by atoms with Crippen LogP contribution in [-0.4, -0.2) is 18.1 Å². The summed E-state index contributed by atoms with van der Waals surface area (Å²) in [7, 11) is 0. The van der Waals surface area contributed by atoms with Crippen molar-refractivity contribution in [3.63, 3.8) is 0 Å². The first-order valence-corrected chi connectivity index (χ1v) is 7.07. The van der Waals surface area contributed by atoms with Gasteiger partial charge in [-0.05, 0) is 23.8 Å². The molecule has 0 aliphatic carbocycles. The molecule has 2 aromatic rings. The van der Waals surface area contributed by atoms with Crippen molar-refractivity contribution in [3.05, 3.63) is 57.1 Å². The summed E-state index contributed by atoms with van der Waals surface area (Å²) in [5.74, 6) is 1.41. The maximum absolute atomic E-state index is 10.9. The van der Waals surface area contributed by atoms with Crippen LogP contribution in [0, 0.1) is 10.1 Å². The van der Waals surface area contributed by atoms with Gasteiger partial charge in [0.2, 0.25) is 0 Å². The first kappa shape index (κ1) is 14.5. The number of nitro groups is 1. The van der Waals surface area contributed by atoms with Crippen molar-refractivity contribution in [2.24, 2.45) is 0 Å². The first-order valence-electron chi connectivity index (χ1n) is 6.70. The monoisotopic (exact) mass is 320 g/mol. The summed E-state index contributed by atoms with van der Waals surface area (Å²) in [4.78, 5) is 10.4. The molecule has 22 heavy (non-hydrogen) atoms. The van der Waals surface area contributed by atoms with Crippen molar-refractivity contribution in [1.29, 1.82) is 0 Å². The van der Waals surface area contributed by atoms with Gasteiger partial charge in [-0.3, -0.25) is 10.1 Å². The lowest BCUT2D eigenvalue weighted by Crippen LogP contribution is -2.15. The molecule has 0 bridgehead atoms. The number of halogens is 1. The van der Waals surface area contributed by atoms with Crippen LogP contribution in [0.15, 0.2) is 36.4 Å². The Bertz CT molecular complexity index is 721. The number of nitrogens with zero attached hydrogens (tertiary/aromatic N) is 1. The summed E-state index contributed by atoms with van der Waals surface area (Å²) in [6.07, 6.45) is 0. The van der Waals surface area contributed by atoms with Crippen molar-refractivity contribution in [2.45, 2.75) is 6.54 Å². The number of ether oxygens (including phenoxy) is 2. The maximum atomic E-state index is 10.9. The third-order valence-electron chi connectivity index (χ3n) is 3.25. The van der Waals surface area contributed by atoms with Crippen LogP contribution in [0.3, 0.4) is 0 Å². The van der Waals surface area contributed by atoms with Gasteiger partial charge >= 0.3 is 0 Å². The first-order chi connectivity index (χ1) is 10.6. The van der Waals surface area contributed by atoms with E-state index in [1.165, 1.54) is 12.1 Å². The average Bonchev–Trinajstić information content (AvgIpc) is 2.53. The minimum absolute atomic E-state index is 0.0943. The Morgan fingerprint density at radius 3 is 2.68 bits per heavy atom. The Kier molecular flexibility index (Phi) is 4.02. The topological polar surface area (TPSA) is 73.6 Å². The smallest absolute Gasteiger partial charge is 0.288 e. The lowest BCUT2D eigenvalue weighted by atomic mass is 10.2. The van der Waals surface area contributed by atoms with E-state index in [2.05, 4.69) is 5.32 Å². The Balaban J connectivity index is 1.72. The van der Waals surface area contributed by atoms with Crippen molar-refractivity contribution < 1.29 is 14.4 Å². The van der Waals surface area contributed by atoms with Gasteiger partial charge < -0.3 is 14.8 Å². The lowest BCUT2D eigenvalue weighted by molar-refractivity contribution is -0.384. The molecule has 1 heterocycles. The Morgan fingerprint density at radius 2 is 1.91 bits per heavy atom. The molecule has 0 aromatic heterocycles. The van der Waals surface area contributed by atoms with Gasteiger partial charge in [0.25, 0.3) is 5.69 Å². The summed E-state index contributed by atoms with van der Waals surface area (Å²) in [5, 5.41) is 14.2. The zero-order valence-corrected chi connectivity index (χ0v) is 12.3. The predicted octanol–water partition coefficient (Wildman–Crippen LogP) is 3.63. The van der Waals surface area contributed by atoms with Gasteiger partial charge in [-0.2, -0.15) is 0 Å². The van der Waals surface area contributed by atoms with E-state index in [1.807, 2.05) is 18.2 Å². The molecule has 114 valence electrons. The summed E-state index contributed by atoms with van der Waals surface area (Å²) >= 11 is 5.80. The number of anilines is 1. The van der Waals surface area contributed by atoms with Crippen molar-refractivity contribution in [3.8, 4) is 11.5 Å². The highest BCUT2D eigenvalue weighted by molar-refractivity contribution is 6.32. The van der Waals surface area contributed by atoms with Gasteiger partial charge in [-0.25, -0.2) is 0 Å². The molecule has 2 aromatic carbocycles. The van der Waals surface area contributed by atoms with Crippen molar-refractivity contribution >= 4 is 23.0 Å². The maximum Gasteiger partial charge on any atom is 0.288 e. The minimum atomic E-state index is -0.490. The van der Waals surface area contributed by atoms with E-state index in [0.29, 0.717) is 25.5 Å². The zero-order chi connectivity index (χ0) is 15.5. The van der Waals surface area contributed by atoms with Crippen molar-refractivity contribution in [2.75, 3.05) is 18.5 Å². The fourth-order valence-corrected chi connectivity index (χ4v) is 2.35. The van der Waals surface area contributed by atoms with E-state index in [9.17, 15) is 10.1 Å². The Labute approximate surface area is 131 Å². The molecule has 0 unspecified atom stereocenters. The lowest BCUT2D eigenvalue weighted by Gasteiger charge is -2.19. The van der Waals surface area contributed by atoms with Gasteiger partial charge in [0.1, 0.15) is 18.2 Å². The second kappa shape index (κ2) is 6.11. The van der Waals surface area contributed by atoms with Crippen LogP contribution in [-0.2, 0) is 6.54 Å². The van der Waals surface area contributed by atoms with Crippen LogP contribution in [0.25, 0.3) is 0 Å². The highest BCUT2D eigenvalue weighted by Crippen LogP contribution is 2.33. The third kappa shape index (κ3) is 3.07.